The fourth-order valence-corrected chi connectivity index (χ4v) is 3.66. The molecule has 0 aliphatic heterocycles. The topological polar surface area (TPSA) is 100 Å². The van der Waals surface area contributed by atoms with Crippen LogP contribution in [0.3, 0.4) is 0 Å². The highest BCUT2D eigenvalue weighted by atomic mass is 32.2. The van der Waals surface area contributed by atoms with E-state index in [2.05, 4.69) is 0 Å². The summed E-state index contributed by atoms with van der Waals surface area (Å²) < 4.78 is 9.74. The lowest BCUT2D eigenvalue weighted by atomic mass is 9.90. The van der Waals surface area contributed by atoms with Gasteiger partial charge in [-0.3, -0.25) is 4.79 Å². The van der Waals surface area contributed by atoms with Crippen molar-refractivity contribution in [2.75, 3.05) is 20.0 Å². The van der Waals surface area contributed by atoms with Gasteiger partial charge in [-0.05, 0) is 50.0 Å². The maximum absolute atomic E-state index is 12.1. The minimum atomic E-state index is -1.03. The van der Waals surface area contributed by atoms with E-state index in [0.29, 0.717) is 23.3 Å². The Balaban J connectivity index is 3.59. The largest absolute Gasteiger partial charge is 0.468 e. The number of hydrogen-bond donors (Lipinski definition) is 0. The molecule has 0 aromatic heterocycles. The zero-order valence-electron chi connectivity index (χ0n) is 14.8. The number of nitrogens with zero attached hydrogens (tertiary/aromatic N) is 2. The number of rotatable bonds is 6. The Morgan fingerprint density at radius 2 is 1.92 bits per heavy atom. The van der Waals surface area contributed by atoms with Crippen LogP contribution >= 0.6 is 11.8 Å². The normalized spacial score (nSPS) is 16.7. The van der Waals surface area contributed by atoms with Gasteiger partial charge in [0, 0.05) is 4.91 Å². The maximum atomic E-state index is 12.1. The predicted octanol–water partition coefficient (Wildman–Crippen LogP) is 3.26. The summed E-state index contributed by atoms with van der Waals surface area (Å²) in [6.07, 6.45) is 5.59. The van der Waals surface area contributed by atoms with Crippen LogP contribution in [-0.2, 0) is 19.1 Å². The third-order valence-corrected chi connectivity index (χ3v) is 4.83. The molecule has 0 N–H and O–H groups in total. The molecule has 1 aliphatic rings. The molecular weight excluding hydrogens is 340 g/mol. The SMILES string of the molecule is CCOC(=O)/C(C#N)=C(/SC)C1=C(C(C#N)C(=O)OC)CCCCC1. The molecule has 1 atom stereocenters. The van der Waals surface area contributed by atoms with E-state index in [-0.39, 0.29) is 12.2 Å². The molecule has 1 unspecified atom stereocenters. The van der Waals surface area contributed by atoms with E-state index in [0.717, 1.165) is 24.8 Å². The Morgan fingerprint density at radius 3 is 2.44 bits per heavy atom. The molecule has 1 rings (SSSR count). The lowest BCUT2D eigenvalue weighted by Gasteiger charge is -2.18. The lowest BCUT2D eigenvalue weighted by molar-refractivity contribution is -0.142. The van der Waals surface area contributed by atoms with E-state index in [9.17, 15) is 20.1 Å². The first kappa shape index (κ1) is 20.8. The fourth-order valence-electron chi connectivity index (χ4n) is 2.84. The van der Waals surface area contributed by atoms with Crippen molar-refractivity contribution < 1.29 is 19.1 Å². The monoisotopic (exact) mass is 362 g/mol. The van der Waals surface area contributed by atoms with E-state index < -0.39 is 17.9 Å². The van der Waals surface area contributed by atoms with Crippen LogP contribution in [0.5, 0.6) is 0 Å². The maximum Gasteiger partial charge on any atom is 0.350 e. The van der Waals surface area contributed by atoms with Crippen LogP contribution in [0.4, 0.5) is 0 Å². The van der Waals surface area contributed by atoms with Gasteiger partial charge >= 0.3 is 11.9 Å². The summed E-state index contributed by atoms with van der Waals surface area (Å²) in [5, 5.41) is 18.9. The van der Waals surface area contributed by atoms with Gasteiger partial charge in [0.15, 0.2) is 11.5 Å². The van der Waals surface area contributed by atoms with Gasteiger partial charge in [0.05, 0.1) is 19.8 Å². The van der Waals surface area contributed by atoms with Gasteiger partial charge in [-0.2, -0.15) is 10.5 Å². The molecule has 1 aliphatic carbocycles. The lowest BCUT2D eigenvalue weighted by Crippen LogP contribution is -2.19. The molecule has 0 aromatic carbocycles. The average molecular weight is 362 g/mol. The summed E-state index contributed by atoms with van der Waals surface area (Å²) >= 11 is 1.26. The van der Waals surface area contributed by atoms with E-state index >= 15 is 0 Å². The number of esters is 2. The molecule has 0 fully saturated rings. The van der Waals surface area contributed by atoms with E-state index in [4.69, 9.17) is 9.47 Å². The van der Waals surface area contributed by atoms with Crippen LogP contribution in [0.1, 0.15) is 39.0 Å². The summed E-state index contributed by atoms with van der Waals surface area (Å²) in [6.45, 7) is 1.84. The van der Waals surface area contributed by atoms with Crippen molar-refractivity contribution in [1.29, 1.82) is 10.5 Å². The first-order valence-corrected chi connectivity index (χ1v) is 9.33. The van der Waals surface area contributed by atoms with Crippen molar-refractivity contribution >= 4 is 23.7 Å². The first-order valence-electron chi connectivity index (χ1n) is 8.10. The quantitative estimate of drug-likeness (QED) is 0.406. The zero-order valence-corrected chi connectivity index (χ0v) is 15.6. The first-order chi connectivity index (χ1) is 12.0. The molecule has 134 valence electrons. The second-order valence-corrected chi connectivity index (χ2v) is 6.21. The molecule has 0 saturated heterocycles. The summed E-state index contributed by atoms with van der Waals surface area (Å²) in [6, 6.07) is 3.93. The van der Waals surface area contributed by atoms with Crippen molar-refractivity contribution in [2.24, 2.45) is 5.92 Å². The third-order valence-electron chi connectivity index (χ3n) is 3.97. The number of carbonyl (C=O) groups is 2. The average Bonchev–Trinajstić information content (AvgIpc) is 2.86. The van der Waals surface area contributed by atoms with Gasteiger partial charge in [-0.15, -0.1) is 11.8 Å². The number of methoxy groups -OCH3 is 1. The van der Waals surface area contributed by atoms with Crippen molar-refractivity contribution in [3.63, 3.8) is 0 Å². The molecule has 0 aromatic rings. The molecule has 0 bridgehead atoms. The number of allylic oxidation sites excluding steroid dienone is 1. The smallest absolute Gasteiger partial charge is 0.350 e. The van der Waals surface area contributed by atoms with Crippen LogP contribution < -0.4 is 0 Å². The number of carbonyl (C=O) groups excluding carboxylic acids is 2. The van der Waals surface area contributed by atoms with Gasteiger partial charge in [0.2, 0.25) is 0 Å². The fraction of sp³-hybridized carbons (Fsp3) is 0.556. The molecular formula is C18H22N2O4S. The van der Waals surface area contributed by atoms with Crippen LogP contribution in [0.25, 0.3) is 0 Å². The summed E-state index contributed by atoms with van der Waals surface area (Å²) in [5.74, 6) is -2.33. The van der Waals surface area contributed by atoms with Gasteiger partial charge in [-0.25, -0.2) is 4.79 Å². The standard InChI is InChI=1S/C18H22N2O4S/c1-4-24-18(22)15(11-20)16(25-3)13-9-7-5-6-8-12(13)14(10-19)17(21)23-2/h14H,4-9H2,1-3H3/b16-15+. The Hall–Kier alpha value is -2.25. The molecule has 0 saturated carbocycles. The van der Waals surface area contributed by atoms with Crippen molar-refractivity contribution in [3.05, 3.63) is 21.6 Å². The van der Waals surface area contributed by atoms with Gasteiger partial charge in [0.1, 0.15) is 6.07 Å². The van der Waals surface area contributed by atoms with Crippen molar-refractivity contribution in [1.82, 2.24) is 0 Å². The molecule has 6 nitrogen and oxygen atoms in total. The Morgan fingerprint density at radius 1 is 1.24 bits per heavy atom. The van der Waals surface area contributed by atoms with Gasteiger partial charge < -0.3 is 9.47 Å². The molecule has 0 spiro atoms. The minimum Gasteiger partial charge on any atom is -0.468 e. The molecule has 0 amide bonds. The third kappa shape index (κ3) is 5.11. The van der Waals surface area contributed by atoms with Crippen molar-refractivity contribution in [3.8, 4) is 12.1 Å². The second-order valence-electron chi connectivity index (χ2n) is 5.39. The number of nitriles is 2. The van der Waals surface area contributed by atoms with Crippen LogP contribution in [0.2, 0.25) is 0 Å². The number of ether oxygens (including phenoxy) is 2. The Labute approximate surface area is 152 Å². The number of hydrogen-bond acceptors (Lipinski definition) is 7. The molecule has 7 heteroatoms. The highest BCUT2D eigenvalue weighted by Crippen LogP contribution is 2.38. The van der Waals surface area contributed by atoms with Crippen molar-refractivity contribution in [2.45, 2.75) is 39.0 Å². The predicted molar refractivity (Wildman–Crippen MR) is 94.0 cm³/mol. The van der Waals surface area contributed by atoms with Gasteiger partial charge in [-0.1, -0.05) is 6.42 Å². The van der Waals surface area contributed by atoms with E-state index in [1.807, 2.05) is 12.1 Å². The highest BCUT2D eigenvalue weighted by molar-refractivity contribution is 8.02. The minimum absolute atomic E-state index is 0.0784. The molecule has 0 heterocycles. The van der Waals surface area contributed by atoms with Crippen LogP contribution in [0, 0.1) is 28.6 Å². The second kappa shape index (κ2) is 10.6. The van der Waals surface area contributed by atoms with E-state index in [1.54, 1.807) is 13.2 Å². The summed E-state index contributed by atoms with van der Waals surface area (Å²) in [5.41, 5.74) is 1.30. The van der Waals surface area contributed by atoms with E-state index in [1.165, 1.54) is 18.9 Å². The highest BCUT2D eigenvalue weighted by Gasteiger charge is 2.30. The summed E-state index contributed by atoms with van der Waals surface area (Å²) in [7, 11) is 1.24. The number of thioether (sulfide) groups is 1. The zero-order chi connectivity index (χ0) is 18.8. The van der Waals surface area contributed by atoms with Gasteiger partial charge in [0.25, 0.3) is 0 Å². The Kier molecular flexibility index (Phi) is 8.80. The van der Waals surface area contributed by atoms with Crippen LogP contribution in [0.15, 0.2) is 21.6 Å². The molecule has 0 radical (unpaired) electrons. The van der Waals surface area contributed by atoms with Crippen LogP contribution in [-0.4, -0.2) is 31.9 Å². The Bertz CT molecular complexity index is 668. The molecule has 25 heavy (non-hydrogen) atoms. The summed E-state index contributed by atoms with van der Waals surface area (Å²) in [4.78, 5) is 24.7.